The van der Waals surface area contributed by atoms with Crippen molar-refractivity contribution in [3.05, 3.63) is 134 Å². The van der Waals surface area contributed by atoms with E-state index in [9.17, 15) is 19.0 Å². The summed E-state index contributed by atoms with van der Waals surface area (Å²) in [4.78, 5) is 40.2. The van der Waals surface area contributed by atoms with Crippen molar-refractivity contribution >= 4 is 19.7 Å². The molecular weight excluding hydrogens is 1110 g/mol. The summed E-state index contributed by atoms with van der Waals surface area (Å²) in [6.07, 6.45) is 94.3. The third-order valence-corrected chi connectivity index (χ3v) is 16.3. The number of nitrogens with zero attached hydrogens (tertiary/aromatic N) is 1. The highest BCUT2D eigenvalue weighted by atomic mass is 31.2. The fraction of sp³-hybridized carbons (Fsp3) is 0.692. The van der Waals surface area contributed by atoms with Gasteiger partial charge in [-0.05, 0) is 122 Å². The van der Waals surface area contributed by atoms with Crippen LogP contribution in [0.25, 0.3) is 0 Å². The van der Waals surface area contributed by atoms with Gasteiger partial charge in [-0.1, -0.05) is 296 Å². The lowest BCUT2D eigenvalue weighted by Crippen LogP contribution is -2.47. The van der Waals surface area contributed by atoms with Gasteiger partial charge >= 0.3 is 5.97 Å². The lowest BCUT2D eigenvalue weighted by Gasteiger charge is -2.30. The third-order valence-electron chi connectivity index (χ3n) is 15.3. The molecule has 10 heteroatoms. The van der Waals surface area contributed by atoms with E-state index < -0.39 is 26.6 Å². The topological polar surface area (TPSA) is 114 Å². The van der Waals surface area contributed by atoms with Gasteiger partial charge in [-0.15, -0.1) is 0 Å². The summed E-state index contributed by atoms with van der Waals surface area (Å²) in [5.41, 5.74) is 0. The number of amides is 1. The maximum atomic E-state index is 13.6. The van der Waals surface area contributed by atoms with Gasteiger partial charge in [0.2, 0.25) is 5.91 Å². The number of phosphoric acid groups is 1. The van der Waals surface area contributed by atoms with Crippen molar-refractivity contribution in [2.24, 2.45) is 0 Å². The Bertz CT molecular complexity index is 1970. The van der Waals surface area contributed by atoms with Crippen molar-refractivity contribution in [3.63, 3.8) is 0 Å². The van der Waals surface area contributed by atoms with Gasteiger partial charge in [0.25, 0.3) is 7.82 Å². The Morgan fingerprint density at radius 2 is 0.727 bits per heavy atom. The molecule has 0 aromatic heterocycles. The summed E-state index contributed by atoms with van der Waals surface area (Å²) in [6, 6.07) is -0.905. The number of carbonyl (C=O) groups is 2. The Kier molecular flexibility index (Phi) is 63.2. The number of hydrogen-bond acceptors (Lipinski definition) is 7. The van der Waals surface area contributed by atoms with Crippen molar-refractivity contribution in [1.82, 2.24) is 5.32 Å². The van der Waals surface area contributed by atoms with E-state index in [1.807, 2.05) is 33.3 Å². The van der Waals surface area contributed by atoms with E-state index in [1.165, 1.54) is 116 Å². The van der Waals surface area contributed by atoms with Gasteiger partial charge in [0.1, 0.15) is 19.3 Å². The molecular formula is C78H135N2O7P. The van der Waals surface area contributed by atoms with Crippen LogP contribution >= 0.6 is 7.82 Å². The maximum absolute atomic E-state index is 13.6. The quantitative estimate of drug-likeness (QED) is 0.0212. The first-order valence-corrected chi connectivity index (χ1v) is 37.5. The minimum absolute atomic E-state index is 0.0310. The molecule has 3 unspecified atom stereocenters. The van der Waals surface area contributed by atoms with Gasteiger partial charge in [-0.3, -0.25) is 14.2 Å². The first kappa shape index (κ1) is 84.2. The zero-order valence-electron chi connectivity index (χ0n) is 57.6. The van der Waals surface area contributed by atoms with Crippen molar-refractivity contribution in [2.75, 3.05) is 40.9 Å². The molecule has 1 N–H and O–H groups in total. The predicted octanol–water partition coefficient (Wildman–Crippen LogP) is 22.5. The second-order valence-corrected chi connectivity index (χ2v) is 26.4. The Morgan fingerprint density at radius 3 is 1.09 bits per heavy atom. The van der Waals surface area contributed by atoms with E-state index in [-0.39, 0.29) is 24.9 Å². The van der Waals surface area contributed by atoms with Crippen LogP contribution in [-0.4, -0.2) is 69.4 Å². The minimum Gasteiger partial charge on any atom is -0.756 e. The SMILES string of the molecule is CC/C=C\C/C=C\C/C=C\C/C=C\C/C=C\CCCCCCCCCCCC(=O)NC(COP(=O)([O-])OCC[N+](C)(C)C)C(/C=C/CCCCCCCCCCCC)OC(=O)CCCCCCCCCCC/C=C\C/C=C\C/C=C\C/C=C\C/C=C\CC. The smallest absolute Gasteiger partial charge is 0.306 e. The summed E-state index contributed by atoms with van der Waals surface area (Å²) in [5.74, 6) is -0.558. The largest absolute Gasteiger partial charge is 0.756 e. The zero-order chi connectivity index (χ0) is 64.2. The summed E-state index contributed by atoms with van der Waals surface area (Å²) >= 11 is 0. The molecule has 0 aliphatic heterocycles. The summed E-state index contributed by atoms with van der Waals surface area (Å²) in [5, 5.41) is 3.04. The molecule has 0 aromatic rings. The third kappa shape index (κ3) is 66.6. The molecule has 0 rings (SSSR count). The number of likely N-dealkylation sites (N-methyl/N-ethyl adjacent to an activating group) is 1. The van der Waals surface area contributed by atoms with E-state index in [2.05, 4.69) is 148 Å². The number of hydrogen-bond donors (Lipinski definition) is 1. The summed E-state index contributed by atoms with van der Waals surface area (Å²) in [7, 11) is 1.16. The molecule has 0 bridgehead atoms. The van der Waals surface area contributed by atoms with Crippen LogP contribution in [0.4, 0.5) is 0 Å². The molecule has 0 saturated carbocycles. The number of ether oxygens (including phenoxy) is 1. The molecule has 3 atom stereocenters. The Morgan fingerprint density at radius 1 is 0.409 bits per heavy atom. The van der Waals surface area contributed by atoms with Crippen LogP contribution in [0.2, 0.25) is 0 Å². The lowest BCUT2D eigenvalue weighted by molar-refractivity contribution is -0.870. The van der Waals surface area contributed by atoms with E-state index in [0.29, 0.717) is 17.4 Å². The number of phosphoric ester groups is 1. The molecule has 0 heterocycles. The zero-order valence-corrected chi connectivity index (χ0v) is 58.5. The van der Waals surface area contributed by atoms with Crippen LogP contribution in [0.1, 0.15) is 297 Å². The Balaban J connectivity index is 5.10. The second kappa shape index (κ2) is 66.1. The van der Waals surface area contributed by atoms with Crippen LogP contribution in [0.5, 0.6) is 0 Å². The average molecular weight is 1240 g/mol. The predicted molar refractivity (Wildman–Crippen MR) is 380 cm³/mol. The van der Waals surface area contributed by atoms with E-state index in [0.717, 1.165) is 148 Å². The van der Waals surface area contributed by atoms with Gasteiger partial charge in [0.15, 0.2) is 0 Å². The van der Waals surface area contributed by atoms with Crippen LogP contribution < -0.4 is 10.2 Å². The fourth-order valence-electron chi connectivity index (χ4n) is 9.87. The first-order chi connectivity index (χ1) is 42.9. The van der Waals surface area contributed by atoms with E-state index in [1.54, 1.807) is 0 Å². The average Bonchev–Trinajstić information content (AvgIpc) is 3.71. The number of rotatable bonds is 64. The van der Waals surface area contributed by atoms with Crippen LogP contribution in [0, 0.1) is 0 Å². The van der Waals surface area contributed by atoms with Crippen molar-refractivity contribution < 1.29 is 37.3 Å². The normalized spacial score (nSPS) is 14.3. The van der Waals surface area contributed by atoms with Gasteiger partial charge in [0, 0.05) is 12.8 Å². The Labute approximate surface area is 543 Å². The molecule has 0 fully saturated rings. The highest BCUT2D eigenvalue weighted by Gasteiger charge is 2.27. The van der Waals surface area contributed by atoms with Gasteiger partial charge < -0.3 is 28.5 Å². The monoisotopic (exact) mass is 1240 g/mol. The lowest BCUT2D eigenvalue weighted by atomic mass is 10.0. The molecule has 0 aliphatic carbocycles. The number of unbranched alkanes of at least 4 members (excludes halogenated alkanes) is 28. The van der Waals surface area contributed by atoms with Crippen molar-refractivity contribution in [2.45, 2.75) is 309 Å². The minimum atomic E-state index is -4.72. The molecule has 0 saturated heterocycles. The first-order valence-electron chi connectivity index (χ1n) is 36.0. The fourth-order valence-corrected chi connectivity index (χ4v) is 10.6. The standard InChI is InChI=1S/C78H135N2O7P/c1-7-10-13-16-19-22-25-28-30-32-34-36-38-40-42-44-46-48-50-52-55-58-61-64-67-70-77(81)79-75(74-86-88(83,84)85-73-72-80(4,5)6)76(69-66-63-60-57-54-27-24-21-18-15-12-9-3)87-78(82)71-68-65-62-59-56-53-51-49-47-45-43-41-39-37-35-33-31-29-26-23-20-17-14-11-8-2/h10-11,13-14,19-20,22-23,28-31,34-37,40-43,66,69,75-76H,7-9,12,15-18,21,24-27,32-33,38-39,44-65,67-68,70-74H2,1-6H3,(H-,79,81,83,84)/b13-10-,14-11-,22-19-,23-20-,30-28-,31-29-,36-34-,37-35-,42-40-,43-41-,69-66+. The second-order valence-electron chi connectivity index (χ2n) is 25.0. The number of carbonyl (C=O) groups excluding carboxylic acids is 2. The number of nitrogens with one attached hydrogen (secondary N) is 1. The van der Waals surface area contributed by atoms with Crippen LogP contribution in [0.3, 0.4) is 0 Å². The van der Waals surface area contributed by atoms with E-state index >= 15 is 0 Å². The van der Waals surface area contributed by atoms with Gasteiger partial charge in [-0.2, -0.15) is 0 Å². The molecule has 0 spiro atoms. The molecule has 1 amide bonds. The van der Waals surface area contributed by atoms with Crippen LogP contribution in [0.15, 0.2) is 134 Å². The molecule has 0 radical (unpaired) electrons. The maximum Gasteiger partial charge on any atom is 0.306 e. The Hall–Kier alpha value is -3.85. The number of esters is 1. The molecule has 9 nitrogen and oxygen atoms in total. The van der Waals surface area contributed by atoms with Gasteiger partial charge in [0.05, 0.1) is 33.8 Å². The van der Waals surface area contributed by atoms with Crippen molar-refractivity contribution in [3.8, 4) is 0 Å². The highest BCUT2D eigenvalue weighted by molar-refractivity contribution is 7.45. The summed E-state index contributed by atoms with van der Waals surface area (Å²) < 4.78 is 30.5. The molecule has 0 aliphatic rings. The molecule has 88 heavy (non-hydrogen) atoms. The van der Waals surface area contributed by atoms with Crippen LogP contribution in [-0.2, 0) is 27.9 Å². The van der Waals surface area contributed by atoms with E-state index in [4.69, 9.17) is 13.8 Å². The van der Waals surface area contributed by atoms with Gasteiger partial charge in [-0.25, -0.2) is 0 Å². The molecule has 504 valence electrons. The van der Waals surface area contributed by atoms with Crippen molar-refractivity contribution in [1.29, 1.82) is 0 Å². The highest BCUT2D eigenvalue weighted by Crippen LogP contribution is 2.38. The number of quaternary nitrogens is 1. The molecule has 0 aromatic carbocycles. The number of allylic oxidation sites excluding steroid dienone is 21. The summed E-state index contributed by atoms with van der Waals surface area (Å²) in [6.45, 7) is 6.61.